The van der Waals surface area contributed by atoms with Crippen molar-refractivity contribution in [2.75, 3.05) is 27.4 Å². The molecular weight excluding hydrogens is 406 g/mol. The molecule has 0 aliphatic rings. The zero-order valence-electron chi connectivity index (χ0n) is 17.0. The van der Waals surface area contributed by atoms with E-state index in [4.69, 9.17) is 14.2 Å². The maximum atomic E-state index is 12.4. The van der Waals surface area contributed by atoms with Crippen LogP contribution in [0.1, 0.15) is 5.56 Å². The minimum Gasteiger partial charge on any atom is -0.497 e. The molecule has 1 heterocycles. The third kappa shape index (κ3) is 5.25. The Hall–Kier alpha value is -3.17. The number of methoxy groups -OCH3 is 2. The van der Waals surface area contributed by atoms with Crippen LogP contribution in [0.15, 0.2) is 59.5 Å². The van der Waals surface area contributed by atoms with Crippen molar-refractivity contribution in [1.29, 1.82) is 0 Å². The lowest BCUT2D eigenvalue weighted by Crippen LogP contribution is -2.28. The van der Waals surface area contributed by atoms with Gasteiger partial charge in [-0.05, 0) is 61.0 Å². The molecule has 8 nitrogen and oxygen atoms in total. The van der Waals surface area contributed by atoms with E-state index in [1.807, 2.05) is 24.3 Å². The molecule has 3 rings (SSSR count). The summed E-state index contributed by atoms with van der Waals surface area (Å²) >= 11 is 0. The lowest BCUT2D eigenvalue weighted by Gasteiger charge is -2.10. The van der Waals surface area contributed by atoms with E-state index in [-0.39, 0.29) is 18.0 Å². The molecule has 0 aliphatic carbocycles. The van der Waals surface area contributed by atoms with Crippen LogP contribution < -0.4 is 18.9 Å². The molecule has 0 radical (unpaired) electrons. The molecule has 1 N–H and O–H groups in total. The van der Waals surface area contributed by atoms with Crippen LogP contribution in [0.2, 0.25) is 0 Å². The standard InChI is InChI=1S/C21H23N3O5S/c1-15-14-18(8-10-20(15)28-3)30(25,26)22-12-13-29-21-11-9-19(23-24-21)16-4-6-17(27-2)7-5-16/h4-11,14,22H,12-13H2,1-3H3. The molecule has 3 aromatic rings. The number of aromatic nitrogens is 2. The number of aryl methyl sites for hydroxylation is 1. The van der Waals surface area contributed by atoms with E-state index in [0.29, 0.717) is 17.3 Å². The zero-order valence-corrected chi connectivity index (χ0v) is 17.8. The van der Waals surface area contributed by atoms with Gasteiger partial charge in [-0.15, -0.1) is 10.2 Å². The summed E-state index contributed by atoms with van der Waals surface area (Å²) in [7, 11) is -0.492. The molecule has 0 amide bonds. The van der Waals surface area contributed by atoms with E-state index in [1.54, 1.807) is 45.4 Å². The number of nitrogens with zero attached hydrogens (tertiary/aromatic N) is 2. The van der Waals surface area contributed by atoms with Gasteiger partial charge in [0.05, 0.1) is 24.8 Å². The second kappa shape index (κ2) is 9.55. The topological polar surface area (TPSA) is 99.6 Å². The quantitative estimate of drug-likeness (QED) is 0.522. The number of hydrogen-bond acceptors (Lipinski definition) is 7. The first kappa shape index (κ1) is 21.5. The van der Waals surface area contributed by atoms with E-state index in [9.17, 15) is 8.42 Å². The molecule has 9 heteroatoms. The summed E-state index contributed by atoms with van der Waals surface area (Å²) < 4.78 is 43.1. The molecule has 0 aliphatic heterocycles. The highest BCUT2D eigenvalue weighted by Gasteiger charge is 2.15. The van der Waals surface area contributed by atoms with Crippen LogP contribution in [-0.4, -0.2) is 46.0 Å². The summed E-state index contributed by atoms with van der Waals surface area (Å²) in [5.41, 5.74) is 2.34. The van der Waals surface area contributed by atoms with Gasteiger partial charge in [0.1, 0.15) is 18.1 Å². The predicted octanol–water partition coefficient (Wildman–Crippen LogP) is 2.83. The van der Waals surface area contributed by atoms with Crippen LogP contribution in [0.3, 0.4) is 0 Å². The lowest BCUT2D eigenvalue weighted by molar-refractivity contribution is 0.307. The van der Waals surface area contributed by atoms with Gasteiger partial charge in [0.25, 0.3) is 0 Å². The highest BCUT2D eigenvalue weighted by molar-refractivity contribution is 7.89. The van der Waals surface area contributed by atoms with Crippen LogP contribution in [-0.2, 0) is 10.0 Å². The van der Waals surface area contributed by atoms with Crippen molar-refractivity contribution in [2.45, 2.75) is 11.8 Å². The molecule has 158 valence electrons. The van der Waals surface area contributed by atoms with Gasteiger partial charge in [-0.1, -0.05) is 0 Å². The Morgan fingerprint density at radius 2 is 1.70 bits per heavy atom. The van der Waals surface area contributed by atoms with Crippen LogP contribution in [0.5, 0.6) is 17.4 Å². The van der Waals surface area contributed by atoms with E-state index in [0.717, 1.165) is 16.9 Å². The third-order valence-corrected chi connectivity index (χ3v) is 5.81. The minimum atomic E-state index is -3.64. The van der Waals surface area contributed by atoms with E-state index < -0.39 is 10.0 Å². The molecule has 2 aromatic carbocycles. The second-order valence-corrected chi connectivity index (χ2v) is 8.13. The summed E-state index contributed by atoms with van der Waals surface area (Å²) in [5.74, 6) is 1.71. The van der Waals surface area contributed by atoms with Crippen molar-refractivity contribution >= 4 is 10.0 Å². The molecule has 0 saturated heterocycles. The largest absolute Gasteiger partial charge is 0.497 e. The van der Waals surface area contributed by atoms with Gasteiger partial charge in [0.15, 0.2) is 0 Å². The van der Waals surface area contributed by atoms with Crippen molar-refractivity contribution in [3.8, 4) is 28.6 Å². The molecule has 1 aromatic heterocycles. The monoisotopic (exact) mass is 429 g/mol. The van der Waals surface area contributed by atoms with Crippen LogP contribution >= 0.6 is 0 Å². The van der Waals surface area contributed by atoms with Crippen LogP contribution in [0.4, 0.5) is 0 Å². The summed E-state index contributed by atoms with van der Waals surface area (Å²) in [4.78, 5) is 0.171. The number of hydrogen-bond donors (Lipinski definition) is 1. The molecule has 0 atom stereocenters. The average molecular weight is 429 g/mol. The fourth-order valence-corrected chi connectivity index (χ4v) is 3.84. The van der Waals surface area contributed by atoms with Gasteiger partial charge in [0.2, 0.25) is 15.9 Å². The number of sulfonamides is 1. The SMILES string of the molecule is COc1ccc(-c2ccc(OCCNS(=O)(=O)c3ccc(OC)c(C)c3)nn2)cc1. The smallest absolute Gasteiger partial charge is 0.240 e. The summed E-state index contributed by atoms with van der Waals surface area (Å²) in [5, 5.41) is 8.17. The first-order chi connectivity index (χ1) is 14.4. The molecule has 0 spiro atoms. The molecule has 0 saturated carbocycles. The van der Waals surface area contributed by atoms with Crippen LogP contribution in [0.25, 0.3) is 11.3 Å². The maximum absolute atomic E-state index is 12.4. The Kier molecular flexibility index (Phi) is 6.86. The van der Waals surface area contributed by atoms with Gasteiger partial charge in [0, 0.05) is 18.2 Å². The molecule has 0 unspecified atom stereocenters. The highest BCUT2D eigenvalue weighted by atomic mass is 32.2. The summed E-state index contributed by atoms with van der Waals surface area (Å²) in [6.45, 7) is 2.00. The van der Waals surface area contributed by atoms with Crippen molar-refractivity contribution < 1.29 is 22.6 Å². The van der Waals surface area contributed by atoms with E-state index in [2.05, 4.69) is 14.9 Å². The summed E-state index contributed by atoms with van der Waals surface area (Å²) in [6.07, 6.45) is 0. The lowest BCUT2D eigenvalue weighted by atomic mass is 10.1. The zero-order chi connectivity index (χ0) is 21.6. The Labute approximate surface area is 175 Å². The molecule has 30 heavy (non-hydrogen) atoms. The van der Waals surface area contributed by atoms with Crippen molar-refractivity contribution in [3.05, 3.63) is 60.2 Å². The Morgan fingerprint density at radius 3 is 2.30 bits per heavy atom. The van der Waals surface area contributed by atoms with Gasteiger partial charge in [-0.25, -0.2) is 13.1 Å². The van der Waals surface area contributed by atoms with Crippen LogP contribution in [0, 0.1) is 6.92 Å². The number of rotatable bonds is 9. The molecule has 0 fully saturated rings. The Morgan fingerprint density at radius 1 is 0.933 bits per heavy atom. The maximum Gasteiger partial charge on any atom is 0.240 e. The predicted molar refractivity (Wildman–Crippen MR) is 112 cm³/mol. The first-order valence-corrected chi connectivity index (χ1v) is 10.7. The number of benzene rings is 2. The fourth-order valence-electron chi connectivity index (χ4n) is 2.75. The molecule has 0 bridgehead atoms. The fraction of sp³-hybridized carbons (Fsp3) is 0.238. The van der Waals surface area contributed by atoms with Gasteiger partial charge < -0.3 is 14.2 Å². The van der Waals surface area contributed by atoms with Gasteiger partial charge >= 0.3 is 0 Å². The second-order valence-electron chi connectivity index (χ2n) is 6.36. The summed E-state index contributed by atoms with van der Waals surface area (Å²) in [6, 6.07) is 15.6. The van der Waals surface area contributed by atoms with Crippen molar-refractivity contribution in [2.24, 2.45) is 0 Å². The van der Waals surface area contributed by atoms with Gasteiger partial charge in [-0.2, -0.15) is 0 Å². The van der Waals surface area contributed by atoms with Crippen molar-refractivity contribution in [1.82, 2.24) is 14.9 Å². The Balaban J connectivity index is 1.53. The Bertz CT molecular complexity index is 1080. The third-order valence-electron chi connectivity index (χ3n) is 4.35. The molecular formula is C21H23N3O5S. The number of nitrogens with one attached hydrogen (secondary N) is 1. The normalized spacial score (nSPS) is 11.2. The first-order valence-electron chi connectivity index (χ1n) is 9.18. The van der Waals surface area contributed by atoms with Gasteiger partial charge in [-0.3, -0.25) is 0 Å². The van der Waals surface area contributed by atoms with E-state index >= 15 is 0 Å². The van der Waals surface area contributed by atoms with E-state index in [1.165, 1.54) is 6.07 Å². The number of ether oxygens (including phenoxy) is 3. The highest BCUT2D eigenvalue weighted by Crippen LogP contribution is 2.22. The van der Waals surface area contributed by atoms with Crippen molar-refractivity contribution in [3.63, 3.8) is 0 Å². The average Bonchev–Trinajstić information content (AvgIpc) is 2.77. The minimum absolute atomic E-state index is 0.0926.